The quantitative estimate of drug-likeness (QED) is 0.841. The van der Waals surface area contributed by atoms with Crippen molar-refractivity contribution in [3.8, 4) is 0 Å². The lowest BCUT2D eigenvalue weighted by Crippen LogP contribution is -2.25. The number of nitrogens with one attached hydrogen (secondary N) is 1. The summed E-state index contributed by atoms with van der Waals surface area (Å²) in [6, 6.07) is 16.1. The lowest BCUT2D eigenvalue weighted by atomic mass is 10.1. The van der Waals surface area contributed by atoms with Gasteiger partial charge >= 0.3 is 0 Å². The topological polar surface area (TPSA) is 29.1 Å². The first-order chi connectivity index (χ1) is 9.78. The van der Waals surface area contributed by atoms with E-state index in [9.17, 15) is 4.79 Å². The molecule has 1 amide bonds. The first-order valence-corrected chi connectivity index (χ1v) is 8.47. The van der Waals surface area contributed by atoms with E-state index in [1.54, 1.807) is 11.8 Å². The molecule has 0 radical (unpaired) electrons. The zero-order chi connectivity index (χ0) is 13.9. The van der Waals surface area contributed by atoms with Crippen LogP contribution in [0.2, 0.25) is 0 Å². The first-order valence-electron chi connectivity index (χ1n) is 6.47. The largest absolute Gasteiger partial charge is 0.325 e. The van der Waals surface area contributed by atoms with Gasteiger partial charge in [-0.15, -0.1) is 11.8 Å². The van der Waals surface area contributed by atoms with E-state index in [1.807, 2.05) is 36.4 Å². The van der Waals surface area contributed by atoms with Gasteiger partial charge in [-0.3, -0.25) is 4.79 Å². The molecule has 0 saturated carbocycles. The van der Waals surface area contributed by atoms with Crippen LogP contribution in [0, 0.1) is 0 Å². The summed E-state index contributed by atoms with van der Waals surface area (Å²) in [6.45, 7) is 0. The number of hydrogen-bond donors (Lipinski definition) is 1. The van der Waals surface area contributed by atoms with Crippen molar-refractivity contribution in [3.63, 3.8) is 0 Å². The SMILES string of the molecule is O=C(Nc1ccccc1CBr)C1Cc2ccccc2S1. The molecule has 0 fully saturated rings. The molecule has 2 aromatic rings. The summed E-state index contributed by atoms with van der Waals surface area (Å²) in [4.78, 5) is 13.6. The molecule has 3 rings (SSSR count). The van der Waals surface area contributed by atoms with E-state index in [0.29, 0.717) is 0 Å². The Balaban J connectivity index is 1.72. The number of rotatable bonds is 3. The molecular weight excluding hydrogens is 334 g/mol. The second-order valence-corrected chi connectivity index (χ2v) is 6.50. The van der Waals surface area contributed by atoms with Gasteiger partial charge in [0.15, 0.2) is 0 Å². The van der Waals surface area contributed by atoms with Crippen LogP contribution in [0.15, 0.2) is 53.4 Å². The fourth-order valence-corrected chi connectivity index (χ4v) is 3.98. The predicted molar refractivity (Wildman–Crippen MR) is 87.5 cm³/mol. The average molecular weight is 348 g/mol. The number of para-hydroxylation sites is 1. The molecule has 0 aliphatic carbocycles. The number of amides is 1. The molecule has 20 heavy (non-hydrogen) atoms. The molecule has 1 N–H and O–H groups in total. The van der Waals surface area contributed by atoms with Crippen molar-refractivity contribution in [2.45, 2.75) is 21.9 Å². The molecule has 1 unspecified atom stereocenters. The van der Waals surface area contributed by atoms with Crippen molar-refractivity contribution in [2.24, 2.45) is 0 Å². The van der Waals surface area contributed by atoms with Crippen LogP contribution in [0.25, 0.3) is 0 Å². The van der Waals surface area contributed by atoms with Gasteiger partial charge in [0.05, 0.1) is 5.25 Å². The lowest BCUT2D eigenvalue weighted by molar-refractivity contribution is -0.115. The normalized spacial score (nSPS) is 16.8. The van der Waals surface area contributed by atoms with Crippen LogP contribution in [0.4, 0.5) is 5.69 Å². The predicted octanol–water partition coefficient (Wildman–Crippen LogP) is 4.24. The molecule has 0 aromatic heterocycles. The van der Waals surface area contributed by atoms with E-state index in [0.717, 1.165) is 23.0 Å². The highest BCUT2D eigenvalue weighted by atomic mass is 79.9. The minimum atomic E-state index is -0.0317. The number of carbonyl (C=O) groups is 1. The van der Waals surface area contributed by atoms with Crippen molar-refractivity contribution in [3.05, 3.63) is 59.7 Å². The highest BCUT2D eigenvalue weighted by molar-refractivity contribution is 9.08. The Morgan fingerprint density at radius 1 is 1.20 bits per heavy atom. The summed E-state index contributed by atoms with van der Waals surface area (Å²) in [5, 5.41) is 3.75. The summed E-state index contributed by atoms with van der Waals surface area (Å²) < 4.78 is 0. The Hall–Kier alpha value is -1.26. The van der Waals surface area contributed by atoms with Crippen LogP contribution in [0.1, 0.15) is 11.1 Å². The Morgan fingerprint density at radius 2 is 1.95 bits per heavy atom. The number of thioether (sulfide) groups is 1. The number of anilines is 1. The van der Waals surface area contributed by atoms with E-state index >= 15 is 0 Å². The summed E-state index contributed by atoms with van der Waals surface area (Å²) in [5.41, 5.74) is 3.26. The fraction of sp³-hybridized carbons (Fsp3) is 0.188. The van der Waals surface area contributed by atoms with Gasteiger partial charge in [0.2, 0.25) is 5.91 Å². The second kappa shape index (κ2) is 6.02. The zero-order valence-electron chi connectivity index (χ0n) is 10.8. The monoisotopic (exact) mass is 347 g/mol. The summed E-state index contributed by atoms with van der Waals surface area (Å²) in [7, 11) is 0. The lowest BCUT2D eigenvalue weighted by Gasteiger charge is -2.12. The van der Waals surface area contributed by atoms with Crippen LogP contribution < -0.4 is 5.32 Å². The maximum atomic E-state index is 12.4. The van der Waals surface area contributed by atoms with Crippen molar-refractivity contribution >= 4 is 39.3 Å². The third-order valence-electron chi connectivity index (χ3n) is 3.36. The van der Waals surface area contributed by atoms with Crippen molar-refractivity contribution in [1.29, 1.82) is 0 Å². The third kappa shape index (κ3) is 2.76. The minimum absolute atomic E-state index is 0.0317. The molecule has 0 spiro atoms. The standard InChI is InChI=1S/C16H14BrNOS/c17-10-12-6-1-3-7-13(12)18-16(19)15-9-11-5-2-4-8-14(11)20-15/h1-8,15H,9-10H2,(H,18,19). The second-order valence-electron chi connectivity index (χ2n) is 4.70. The summed E-state index contributed by atoms with van der Waals surface area (Å²) in [5.74, 6) is 0.0830. The highest BCUT2D eigenvalue weighted by Crippen LogP contribution is 2.37. The highest BCUT2D eigenvalue weighted by Gasteiger charge is 2.28. The van der Waals surface area contributed by atoms with Crippen LogP contribution >= 0.6 is 27.7 Å². The third-order valence-corrected chi connectivity index (χ3v) is 5.28. The zero-order valence-corrected chi connectivity index (χ0v) is 13.2. The van der Waals surface area contributed by atoms with Crippen molar-refractivity contribution < 1.29 is 4.79 Å². The summed E-state index contributed by atoms with van der Waals surface area (Å²) in [6.07, 6.45) is 0.809. The van der Waals surface area contributed by atoms with E-state index in [1.165, 1.54) is 10.5 Å². The number of alkyl halides is 1. The van der Waals surface area contributed by atoms with Crippen LogP contribution in [-0.4, -0.2) is 11.2 Å². The van der Waals surface area contributed by atoms with E-state index in [4.69, 9.17) is 0 Å². The van der Waals surface area contributed by atoms with Gasteiger partial charge < -0.3 is 5.32 Å². The Labute approximate surface area is 131 Å². The van der Waals surface area contributed by atoms with Crippen LogP contribution in [-0.2, 0) is 16.5 Å². The molecular formula is C16H14BrNOS. The Bertz CT molecular complexity index is 619. The van der Waals surface area contributed by atoms with E-state index in [2.05, 4.69) is 33.4 Å². The Morgan fingerprint density at radius 3 is 2.75 bits per heavy atom. The van der Waals surface area contributed by atoms with Crippen LogP contribution in [0.5, 0.6) is 0 Å². The minimum Gasteiger partial charge on any atom is -0.325 e. The van der Waals surface area contributed by atoms with Gasteiger partial charge in [-0.25, -0.2) is 0 Å². The maximum Gasteiger partial charge on any atom is 0.238 e. The molecule has 0 saturated heterocycles. The molecule has 102 valence electrons. The van der Waals surface area contributed by atoms with Gasteiger partial charge in [0.25, 0.3) is 0 Å². The number of fused-ring (bicyclic) bond motifs is 1. The van der Waals surface area contributed by atoms with Gasteiger partial charge in [0, 0.05) is 15.9 Å². The van der Waals surface area contributed by atoms with Gasteiger partial charge in [-0.05, 0) is 29.7 Å². The fourth-order valence-electron chi connectivity index (χ4n) is 2.30. The number of carbonyl (C=O) groups excluding carboxylic acids is 1. The maximum absolute atomic E-state index is 12.4. The molecule has 0 bridgehead atoms. The first kappa shape index (κ1) is 13.7. The molecule has 1 heterocycles. The van der Waals surface area contributed by atoms with E-state index in [-0.39, 0.29) is 11.2 Å². The molecule has 1 aliphatic heterocycles. The van der Waals surface area contributed by atoms with Gasteiger partial charge in [-0.1, -0.05) is 52.3 Å². The number of halogens is 1. The molecule has 1 atom stereocenters. The average Bonchev–Trinajstić information content (AvgIpc) is 2.92. The van der Waals surface area contributed by atoms with Crippen molar-refractivity contribution in [2.75, 3.05) is 5.32 Å². The number of benzene rings is 2. The smallest absolute Gasteiger partial charge is 0.238 e. The summed E-state index contributed by atoms with van der Waals surface area (Å²) >= 11 is 5.10. The van der Waals surface area contributed by atoms with Gasteiger partial charge in [-0.2, -0.15) is 0 Å². The Kier molecular flexibility index (Phi) is 4.13. The molecule has 4 heteroatoms. The van der Waals surface area contributed by atoms with Crippen LogP contribution in [0.3, 0.4) is 0 Å². The van der Waals surface area contributed by atoms with E-state index < -0.39 is 0 Å². The molecule has 1 aliphatic rings. The molecule has 2 nitrogen and oxygen atoms in total. The van der Waals surface area contributed by atoms with Gasteiger partial charge in [0.1, 0.15) is 0 Å². The van der Waals surface area contributed by atoms with Crippen molar-refractivity contribution in [1.82, 2.24) is 0 Å². The molecule has 2 aromatic carbocycles. The number of hydrogen-bond acceptors (Lipinski definition) is 2.